The number of benzene rings is 1. The second-order valence-electron chi connectivity index (χ2n) is 7.48. The van der Waals surface area contributed by atoms with E-state index in [1.54, 1.807) is 14.0 Å². The summed E-state index contributed by atoms with van der Waals surface area (Å²) in [6.45, 7) is 1.63. The second kappa shape index (κ2) is 13.8. The number of aromatic nitrogens is 3. The second-order valence-corrected chi connectivity index (χ2v) is 13.5. The SMILES string of the molecule is CNc1c(N=Nc2cc(SCCS(=O)(=O)O)on2)c(C)nn1C#CSOONc1cc(S(=O)(=O)O)cc(S(=O)(=O)O)c1. The van der Waals surface area contributed by atoms with Crippen LogP contribution in [0, 0.1) is 18.2 Å². The van der Waals surface area contributed by atoms with Gasteiger partial charge in [0.15, 0.2) is 16.6 Å². The fraction of sp³-hybridized carbons (Fsp3) is 0.222. The van der Waals surface area contributed by atoms with Gasteiger partial charge < -0.3 is 9.84 Å². The van der Waals surface area contributed by atoms with Crippen LogP contribution in [0.1, 0.15) is 5.69 Å². The lowest BCUT2D eigenvalue weighted by molar-refractivity contribution is -0.159. The summed E-state index contributed by atoms with van der Waals surface area (Å²) in [6, 6.07) is 6.19. The first-order valence-corrected chi connectivity index (χ1v) is 16.9. The van der Waals surface area contributed by atoms with E-state index in [-0.39, 0.29) is 22.4 Å². The number of hydrogen-bond acceptors (Lipinski definition) is 17. The topological polar surface area (TPSA) is 274 Å². The first kappa shape index (κ1) is 33.3. The molecule has 0 aliphatic carbocycles. The molecule has 228 valence electrons. The van der Waals surface area contributed by atoms with Crippen LogP contribution in [0.3, 0.4) is 0 Å². The van der Waals surface area contributed by atoms with Crippen molar-refractivity contribution in [2.45, 2.75) is 21.8 Å². The van der Waals surface area contributed by atoms with E-state index in [9.17, 15) is 34.4 Å². The Bertz CT molecular complexity index is 1810. The molecular formula is C18H19N7O12S5. The molecule has 0 spiro atoms. The number of hydrogen-bond donors (Lipinski definition) is 5. The molecular weight excluding hydrogens is 667 g/mol. The maximum atomic E-state index is 11.4. The molecule has 0 amide bonds. The average molecular weight is 686 g/mol. The van der Waals surface area contributed by atoms with Crippen molar-refractivity contribution < 1.29 is 52.8 Å². The van der Waals surface area contributed by atoms with Crippen molar-refractivity contribution in [3.8, 4) is 11.3 Å². The van der Waals surface area contributed by atoms with Gasteiger partial charge in [-0.25, -0.2) is 5.48 Å². The van der Waals surface area contributed by atoms with Crippen molar-refractivity contribution in [1.82, 2.24) is 14.9 Å². The zero-order valence-electron chi connectivity index (χ0n) is 21.0. The summed E-state index contributed by atoms with van der Waals surface area (Å²) in [7, 11) is -12.2. The summed E-state index contributed by atoms with van der Waals surface area (Å²) < 4.78 is 105. The fourth-order valence-corrected chi connectivity index (χ4v) is 5.81. The van der Waals surface area contributed by atoms with Gasteiger partial charge in [0.1, 0.15) is 12.0 Å². The summed E-state index contributed by atoms with van der Waals surface area (Å²) >= 11 is 1.45. The van der Waals surface area contributed by atoms with Crippen LogP contribution in [0.15, 0.2) is 53.9 Å². The lowest BCUT2D eigenvalue weighted by atomic mass is 10.3. The minimum absolute atomic E-state index is 0.0398. The molecule has 2 heterocycles. The Morgan fingerprint density at radius 2 is 1.71 bits per heavy atom. The summed E-state index contributed by atoms with van der Waals surface area (Å²) in [5.74, 6) is -0.00832. The van der Waals surface area contributed by atoms with Gasteiger partial charge in [-0.2, -0.15) is 35.0 Å². The van der Waals surface area contributed by atoms with E-state index in [2.05, 4.69) is 47.6 Å². The maximum Gasteiger partial charge on any atom is 0.294 e. The van der Waals surface area contributed by atoms with E-state index in [0.717, 1.165) is 23.9 Å². The Kier molecular flexibility index (Phi) is 10.9. The number of aryl methyl sites for hydroxylation is 1. The lowest BCUT2D eigenvalue weighted by Crippen LogP contribution is -2.06. The number of azo groups is 1. The van der Waals surface area contributed by atoms with E-state index < -0.39 is 45.9 Å². The van der Waals surface area contributed by atoms with Crippen LogP contribution in [0.4, 0.5) is 23.0 Å². The summed E-state index contributed by atoms with van der Waals surface area (Å²) in [5, 5.41) is 21.6. The van der Waals surface area contributed by atoms with Crippen molar-refractivity contribution in [3.05, 3.63) is 30.0 Å². The van der Waals surface area contributed by atoms with Gasteiger partial charge in [-0.15, -0.1) is 19.6 Å². The van der Waals surface area contributed by atoms with Crippen molar-refractivity contribution >= 4 is 77.2 Å². The van der Waals surface area contributed by atoms with Gasteiger partial charge in [-0.1, -0.05) is 16.9 Å². The van der Waals surface area contributed by atoms with E-state index >= 15 is 0 Å². The van der Waals surface area contributed by atoms with Crippen LogP contribution in [0.25, 0.3) is 0 Å². The summed E-state index contributed by atoms with van der Waals surface area (Å²) in [4.78, 5) is 2.95. The highest BCUT2D eigenvalue weighted by Gasteiger charge is 2.19. The van der Waals surface area contributed by atoms with Gasteiger partial charge in [0.2, 0.25) is 5.82 Å². The number of anilines is 2. The Morgan fingerprint density at radius 1 is 1.05 bits per heavy atom. The number of rotatable bonds is 13. The number of thioether (sulfide) groups is 1. The standard InChI is InChI=1S/C18H19N7O12S5/c1-11-17(21-20-15-10-16(35-24-15)38-5-6-40(26,27)28)18(19-2)25(22-11)3-4-39-37-36-23-12-7-13(41(29,30)31)9-14(8-12)42(32,33)34/h7-10,19,23H,5-6H2,1-2H3,(H,26,27,28)(H,29,30,31)(H,32,33,34). The first-order valence-electron chi connectivity index (χ1n) is 10.7. The minimum Gasteiger partial charge on any atom is -0.371 e. The Balaban J connectivity index is 1.61. The molecule has 2 aromatic heterocycles. The van der Waals surface area contributed by atoms with E-state index in [1.807, 2.05) is 0 Å². The summed E-state index contributed by atoms with van der Waals surface area (Å²) in [5.41, 5.74) is 2.49. The van der Waals surface area contributed by atoms with Crippen molar-refractivity contribution in [3.63, 3.8) is 0 Å². The van der Waals surface area contributed by atoms with E-state index in [1.165, 1.54) is 10.7 Å². The van der Waals surface area contributed by atoms with Crippen LogP contribution in [0.2, 0.25) is 0 Å². The predicted molar refractivity (Wildman–Crippen MR) is 147 cm³/mol. The highest BCUT2D eigenvalue weighted by atomic mass is 32.2. The molecule has 0 unspecified atom stereocenters. The Morgan fingerprint density at radius 3 is 2.31 bits per heavy atom. The molecule has 1 aromatic carbocycles. The molecule has 3 rings (SSSR count). The third-order valence-electron chi connectivity index (χ3n) is 4.48. The van der Waals surface area contributed by atoms with Crippen LogP contribution < -0.4 is 10.8 Å². The van der Waals surface area contributed by atoms with Crippen LogP contribution in [-0.4, -0.2) is 72.4 Å². The largest absolute Gasteiger partial charge is 0.371 e. The molecule has 0 bridgehead atoms. The van der Waals surface area contributed by atoms with Crippen LogP contribution in [0.5, 0.6) is 0 Å². The van der Waals surface area contributed by atoms with Crippen molar-refractivity contribution in [1.29, 1.82) is 0 Å². The molecule has 0 saturated heterocycles. The minimum atomic E-state index is -4.82. The van der Waals surface area contributed by atoms with E-state index in [0.29, 0.717) is 35.3 Å². The van der Waals surface area contributed by atoms with Gasteiger partial charge in [0.25, 0.3) is 30.4 Å². The quantitative estimate of drug-likeness (QED) is 0.0252. The molecule has 42 heavy (non-hydrogen) atoms. The Labute approximate surface area is 246 Å². The lowest BCUT2D eigenvalue weighted by Gasteiger charge is -2.07. The van der Waals surface area contributed by atoms with Gasteiger partial charge in [0.05, 0.1) is 33.0 Å². The van der Waals surface area contributed by atoms with Gasteiger partial charge in [-0.3, -0.25) is 13.7 Å². The summed E-state index contributed by atoms with van der Waals surface area (Å²) in [6.07, 6.45) is 0. The zero-order valence-corrected chi connectivity index (χ0v) is 25.1. The number of nitrogens with zero attached hydrogens (tertiary/aromatic N) is 5. The number of nitrogens with one attached hydrogen (secondary N) is 2. The van der Waals surface area contributed by atoms with Gasteiger partial charge in [-0.05, 0) is 25.1 Å². The van der Waals surface area contributed by atoms with Crippen LogP contribution >= 0.6 is 23.8 Å². The molecule has 0 atom stereocenters. The monoisotopic (exact) mass is 685 g/mol. The van der Waals surface area contributed by atoms with Gasteiger partial charge in [0, 0.05) is 24.1 Å². The highest BCUT2D eigenvalue weighted by Crippen LogP contribution is 2.31. The molecule has 0 fully saturated rings. The molecule has 0 radical (unpaired) electrons. The zero-order chi connectivity index (χ0) is 31.1. The maximum absolute atomic E-state index is 11.4. The molecule has 19 nitrogen and oxygen atoms in total. The van der Waals surface area contributed by atoms with Crippen LogP contribution in [-0.2, 0) is 39.7 Å². The molecule has 3 aromatic rings. The van der Waals surface area contributed by atoms with Gasteiger partial charge >= 0.3 is 0 Å². The molecule has 24 heteroatoms. The average Bonchev–Trinajstić information content (AvgIpc) is 3.45. The smallest absolute Gasteiger partial charge is 0.294 e. The van der Waals surface area contributed by atoms with Crippen molar-refractivity contribution in [2.24, 2.45) is 10.2 Å². The fourth-order valence-electron chi connectivity index (χ4n) is 2.75. The molecule has 0 saturated carbocycles. The molecule has 0 aliphatic rings. The normalized spacial score (nSPS) is 12.3. The third-order valence-corrected chi connectivity index (χ3v) is 8.31. The highest BCUT2D eigenvalue weighted by molar-refractivity contribution is 8.00. The van der Waals surface area contributed by atoms with Crippen molar-refractivity contribution in [2.75, 3.05) is 29.4 Å². The molecule has 0 aliphatic heterocycles. The predicted octanol–water partition coefficient (Wildman–Crippen LogP) is 2.50. The molecule has 5 N–H and O–H groups in total. The third kappa shape index (κ3) is 9.94. The van der Waals surface area contributed by atoms with E-state index in [4.69, 9.17) is 13.4 Å². The first-order chi connectivity index (χ1) is 19.6. The Hall–Kier alpha value is -3.25.